The molecule has 96 valence electrons. The van der Waals surface area contributed by atoms with E-state index in [4.69, 9.17) is 11.1 Å². The van der Waals surface area contributed by atoms with Gasteiger partial charge in [-0.15, -0.1) is 0 Å². The van der Waals surface area contributed by atoms with Gasteiger partial charge in [0.05, 0.1) is 17.5 Å². The predicted octanol–water partition coefficient (Wildman–Crippen LogP) is 0.246. The lowest BCUT2D eigenvalue weighted by molar-refractivity contribution is 0.597. The first kappa shape index (κ1) is 13.5. The number of rotatable bonds is 6. The zero-order valence-corrected chi connectivity index (χ0v) is 10.7. The molecule has 8 heteroatoms. The van der Waals surface area contributed by atoms with Crippen molar-refractivity contribution >= 4 is 21.7 Å². The van der Waals surface area contributed by atoms with Crippen molar-refractivity contribution < 1.29 is 8.42 Å². The van der Waals surface area contributed by atoms with Gasteiger partial charge in [0.2, 0.25) is 10.0 Å². The van der Waals surface area contributed by atoms with E-state index >= 15 is 0 Å². The van der Waals surface area contributed by atoms with E-state index in [0.717, 1.165) is 6.42 Å². The van der Waals surface area contributed by atoms with Crippen LogP contribution in [-0.4, -0.2) is 29.8 Å². The van der Waals surface area contributed by atoms with E-state index in [1.165, 1.54) is 10.9 Å². The monoisotopic (exact) mass is 259 g/mol. The van der Waals surface area contributed by atoms with Crippen LogP contribution in [-0.2, 0) is 17.1 Å². The van der Waals surface area contributed by atoms with E-state index in [1.807, 2.05) is 6.92 Å². The molecule has 0 spiro atoms. The predicted molar refractivity (Wildman–Crippen MR) is 66.5 cm³/mol. The van der Waals surface area contributed by atoms with Crippen LogP contribution in [0.15, 0.2) is 6.20 Å². The minimum absolute atomic E-state index is 0.0476. The number of unbranched alkanes of at least 4 members (excludes halogenated alkanes) is 1. The molecule has 7 nitrogen and oxygen atoms in total. The third-order valence-electron chi connectivity index (χ3n) is 2.25. The first-order valence-electron chi connectivity index (χ1n) is 5.24. The average Bonchev–Trinajstić information content (AvgIpc) is 2.57. The largest absolute Gasteiger partial charge is 0.384 e. The second kappa shape index (κ2) is 5.17. The van der Waals surface area contributed by atoms with Gasteiger partial charge in [-0.3, -0.25) is 14.8 Å². The molecule has 0 aliphatic carbocycles. The molecule has 0 radical (unpaired) electrons. The molecule has 1 aromatic heterocycles. The fourth-order valence-electron chi connectivity index (χ4n) is 1.29. The molecule has 0 aromatic carbocycles. The highest BCUT2D eigenvalue weighted by Gasteiger charge is 2.17. The third-order valence-corrected chi connectivity index (χ3v) is 3.58. The van der Waals surface area contributed by atoms with Crippen LogP contribution in [0.2, 0.25) is 0 Å². The van der Waals surface area contributed by atoms with Gasteiger partial charge in [-0.25, -0.2) is 8.42 Å². The van der Waals surface area contributed by atoms with Crippen molar-refractivity contribution in [1.29, 1.82) is 5.41 Å². The minimum atomic E-state index is -3.41. The molecule has 0 unspecified atom stereocenters. The summed E-state index contributed by atoms with van der Waals surface area (Å²) in [5.41, 5.74) is 5.63. The Bertz CT molecular complexity index is 505. The summed E-state index contributed by atoms with van der Waals surface area (Å²) in [4.78, 5) is 0. The van der Waals surface area contributed by atoms with Crippen molar-refractivity contribution in [1.82, 2.24) is 9.78 Å². The Hall–Kier alpha value is -1.57. The minimum Gasteiger partial charge on any atom is -0.384 e. The van der Waals surface area contributed by atoms with Crippen molar-refractivity contribution in [3.63, 3.8) is 0 Å². The summed E-state index contributed by atoms with van der Waals surface area (Å²) in [5.74, 6) is 0.0614. The van der Waals surface area contributed by atoms with Gasteiger partial charge in [-0.2, -0.15) is 5.10 Å². The van der Waals surface area contributed by atoms with E-state index in [9.17, 15) is 8.42 Å². The molecule has 0 aliphatic heterocycles. The summed E-state index contributed by atoms with van der Waals surface area (Å²) in [6, 6.07) is 0. The summed E-state index contributed by atoms with van der Waals surface area (Å²) in [7, 11) is -1.82. The van der Waals surface area contributed by atoms with Gasteiger partial charge < -0.3 is 5.73 Å². The number of nitrogens with one attached hydrogen (secondary N) is 2. The fraction of sp³-hybridized carbons (Fsp3) is 0.556. The van der Waals surface area contributed by atoms with Gasteiger partial charge in [0.15, 0.2) is 0 Å². The Morgan fingerprint density at radius 2 is 2.29 bits per heavy atom. The SMILES string of the molecule is CCCCS(=O)(=O)Nc1c(C(=N)N)cnn1C. The quantitative estimate of drug-likeness (QED) is 0.501. The highest BCUT2D eigenvalue weighted by atomic mass is 32.2. The number of aromatic nitrogens is 2. The molecule has 1 aromatic rings. The van der Waals surface area contributed by atoms with Crippen LogP contribution in [0.1, 0.15) is 25.3 Å². The Kier molecular flexibility index (Phi) is 4.11. The standard InChI is InChI=1S/C9H17N5O2S/c1-3-4-5-17(15,16)13-9-7(8(10)11)6-12-14(9)2/h6,13H,3-5H2,1-2H3,(H3,10,11). The topological polar surface area (TPSA) is 114 Å². The average molecular weight is 259 g/mol. The molecule has 4 N–H and O–H groups in total. The highest BCUT2D eigenvalue weighted by molar-refractivity contribution is 7.92. The summed E-state index contributed by atoms with van der Waals surface area (Å²) >= 11 is 0. The zero-order valence-electron chi connectivity index (χ0n) is 9.90. The molecule has 1 rings (SSSR count). The number of sulfonamides is 1. The van der Waals surface area contributed by atoms with Gasteiger partial charge in [-0.1, -0.05) is 13.3 Å². The Balaban J connectivity index is 2.95. The van der Waals surface area contributed by atoms with E-state index in [0.29, 0.717) is 6.42 Å². The summed E-state index contributed by atoms with van der Waals surface area (Å²) in [6.45, 7) is 1.92. The number of hydrogen-bond donors (Lipinski definition) is 3. The van der Waals surface area contributed by atoms with Gasteiger partial charge in [0.25, 0.3) is 0 Å². The lowest BCUT2D eigenvalue weighted by Gasteiger charge is -2.09. The Morgan fingerprint density at radius 1 is 1.65 bits per heavy atom. The maximum atomic E-state index is 11.7. The van der Waals surface area contributed by atoms with Gasteiger partial charge in [-0.05, 0) is 6.42 Å². The Labute approximate surface area is 101 Å². The lowest BCUT2D eigenvalue weighted by atomic mass is 10.3. The summed E-state index contributed by atoms with van der Waals surface area (Å²) < 4.78 is 27.2. The Morgan fingerprint density at radius 3 is 2.82 bits per heavy atom. The molecule has 0 aliphatic rings. The number of anilines is 1. The first-order valence-corrected chi connectivity index (χ1v) is 6.89. The molecule has 0 saturated carbocycles. The second-order valence-electron chi connectivity index (χ2n) is 3.72. The molecule has 0 saturated heterocycles. The number of amidine groups is 1. The van der Waals surface area contributed by atoms with Crippen LogP contribution >= 0.6 is 0 Å². The molecular weight excluding hydrogens is 242 g/mol. The number of aryl methyl sites for hydroxylation is 1. The van der Waals surface area contributed by atoms with Crippen molar-refractivity contribution in [3.8, 4) is 0 Å². The molecule has 17 heavy (non-hydrogen) atoms. The highest BCUT2D eigenvalue weighted by Crippen LogP contribution is 2.15. The smallest absolute Gasteiger partial charge is 0.233 e. The maximum Gasteiger partial charge on any atom is 0.233 e. The molecule has 0 fully saturated rings. The molecule has 1 heterocycles. The third kappa shape index (κ3) is 3.45. The van der Waals surface area contributed by atoms with E-state index in [-0.39, 0.29) is 23.0 Å². The second-order valence-corrected chi connectivity index (χ2v) is 5.56. The van der Waals surface area contributed by atoms with Crippen molar-refractivity contribution in [2.75, 3.05) is 10.5 Å². The van der Waals surface area contributed by atoms with Gasteiger partial charge in [0, 0.05) is 7.05 Å². The van der Waals surface area contributed by atoms with E-state index in [1.54, 1.807) is 7.05 Å². The number of hydrogen-bond acceptors (Lipinski definition) is 4. The number of nitrogens with zero attached hydrogens (tertiary/aromatic N) is 2. The fourth-order valence-corrected chi connectivity index (χ4v) is 2.60. The molecular formula is C9H17N5O2S. The van der Waals surface area contributed by atoms with Gasteiger partial charge >= 0.3 is 0 Å². The number of nitrogen functional groups attached to an aromatic ring is 1. The molecule has 0 amide bonds. The van der Waals surface area contributed by atoms with Crippen LogP contribution in [0.3, 0.4) is 0 Å². The number of nitrogens with two attached hydrogens (primary N) is 1. The summed E-state index contributed by atoms with van der Waals surface area (Å²) in [5, 5.41) is 11.2. The lowest BCUT2D eigenvalue weighted by Crippen LogP contribution is -2.21. The van der Waals surface area contributed by atoms with E-state index in [2.05, 4.69) is 9.82 Å². The van der Waals surface area contributed by atoms with Crippen LogP contribution in [0, 0.1) is 5.41 Å². The van der Waals surface area contributed by atoms with Crippen molar-refractivity contribution in [2.24, 2.45) is 12.8 Å². The van der Waals surface area contributed by atoms with Gasteiger partial charge in [0.1, 0.15) is 11.7 Å². The van der Waals surface area contributed by atoms with Crippen LogP contribution < -0.4 is 10.5 Å². The zero-order chi connectivity index (χ0) is 13.1. The maximum absolute atomic E-state index is 11.7. The van der Waals surface area contributed by atoms with Crippen molar-refractivity contribution in [3.05, 3.63) is 11.8 Å². The normalized spacial score (nSPS) is 11.4. The first-order chi connectivity index (χ1) is 7.87. The summed E-state index contributed by atoms with van der Waals surface area (Å²) in [6.07, 6.45) is 2.74. The van der Waals surface area contributed by atoms with Crippen molar-refractivity contribution in [2.45, 2.75) is 19.8 Å². The molecule has 0 atom stereocenters. The van der Waals surface area contributed by atoms with Crippen LogP contribution in [0.4, 0.5) is 5.82 Å². The van der Waals surface area contributed by atoms with Crippen LogP contribution in [0.25, 0.3) is 0 Å². The van der Waals surface area contributed by atoms with Crippen LogP contribution in [0.5, 0.6) is 0 Å². The molecule has 0 bridgehead atoms. The van der Waals surface area contributed by atoms with E-state index < -0.39 is 10.0 Å².